The number of amides is 1. The van der Waals surface area contributed by atoms with Crippen molar-refractivity contribution in [2.24, 2.45) is 5.92 Å². The van der Waals surface area contributed by atoms with Crippen LogP contribution in [-0.4, -0.2) is 62.3 Å². The molecule has 3 aliphatic rings. The first-order valence-corrected chi connectivity index (χ1v) is 14.0. The number of hydrogen-bond acceptors (Lipinski definition) is 6. The van der Waals surface area contributed by atoms with E-state index in [9.17, 15) is 9.59 Å². The third kappa shape index (κ3) is 6.04. The lowest BCUT2D eigenvalue weighted by atomic mass is 9.55. The number of esters is 1. The molecule has 3 fully saturated rings. The Morgan fingerprint density at radius 1 is 1.05 bits per heavy atom. The summed E-state index contributed by atoms with van der Waals surface area (Å²) < 4.78 is 17.3. The standard InChI is InChI=1S/C32H40N2O5/c1-23(35)39-29-9-5-7-26(19-29)31-16-17-34(21-25-10-11-25)22-32(31,38-3)15-14-27(20-31)33-30(36)13-12-24-6-4-8-28(18-24)37-2/h4-9,12-13,18-19,25,27H,10-11,14-17,20-22H2,1-3H3,(H,33,36). The molecule has 0 spiro atoms. The molecule has 1 N–H and O–H groups in total. The Balaban J connectivity index is 1.39. The molecule has 0 aromatic heterocycles. The fourth-order valence-corrected chi connectivity index (χ4v) is 6.73. The van der Waals surface area contributed by atoms with Crippen molar-refractivity contribution in [3.8, 4) is 11.5 Å². The van der Waals surface area contributed by atoms with Crippen molar-refractivity contribution in [3.63, 3.8) is 0 Å². The lowest BCUT2D eigenvalue weighted by molar-refractivity contribution is -0.150. The summed E-state index contributed by atoms with van der Waals surface area (Å²) in [4.78, 5) is 27.3. The van der Waals surface area contributed by atoms with Gasteiger partial charge in [0.2, 0.25) is 5.91 Å². The van der Waals surface area contributed by atoms with Crippen molar-refractivity contribution >= 4 is 18.0 Å². The van der Waals surface area contributed by atoms with Gasteiger partial charge in [0.25, 0.3) is 0 Å². The van der Waals surface area contributed by atoms with E-state index in [0.717, 1.165) is 68.1 Å². The Bertz CT molecular complexity index is 1220. The highest BCUT2D eigenvalue weighted by atomic mass is 16.5. The predicted molar refractivity (Wildman–Crippen MR) is 151 cm³/mol. The van der Waals surface area contributed by atoms with Gasteiger partial charge in [-0.1, -0.05) is 24.3 Å². The SMILES string of the molecule is COc1cccc(C=CC(=O)NC2CCC3(OC)CN(CC4CC4)CCC3(c3cccc(OC(C)=O)c3)C2)c1. The van der Waals surface area contributed by atoms with Crippen LogP contribution in [0.3, 0.4) is 0 Å². The van der Waals surface area contributed by atoms with E-state index in [2.05, 4.69) is 16.3 Å². The zero-order valence-corrected chi connectivity index (χ0v) is 23.3. The number of ether oxygens (including phenoxy) is 3. The number of carbonyl (C=O) groups excluding carboxylic acids is 2. The zero-order chi connectivity index (χ0) is 27.5. The van der Waals surface area contributed by atoms with Gasteiger partial charge in [0.15, 0.2) is 0 Å². The molecule has 1 aliphatic heterocycles. The van der Waals surface area contributed by atoms with E-state index in [1.807, 2.05) is 55.7 Å². The van der Waals surface area contributed by atoms with Crippen LogP contribution in [0.4, 0.5) is 0 Å². The van der Waals surface area contributed by atoms with Crippen LogP contribution in [0.25, 0.3) is 6.08 Å². The zero-order valence-electron chi connectivity index (χ0n) is 23.3. The molecule has 2 aliphatic carbocycles. The Hall–Kier alpha value is -3.16. The lowest BCUT2D eigenvalue weighted by Crippen LogP contribution is -2.68. The highest BCUT2D eigenvalue weighted by Crippen LogP contribution is 2.54. The maximum absolute atomic E-state index is 13.0. The molecule has 39 heavy (non-hydrogen) atoms. The van der Waals surface area contributed by atoms with Crippen LogP contribution in [0.1, 0.15) is 56.6 Å². The second-order valence-corrected chi connectivity index (χ2v) is 11.4. The smallest absolute Gasteiger partial charge is 0.308 e. The lowest BCUT2D eigenvalue weighted by Gasteiger charge is -2.60. The second-order valence-electron chi connectivity index (χ2n) is 11.4. The molecule has 5 rings (SSSR count). The number of nitrogens with zero attached hydrogens (tertiary/aromatic N) is 1. The molecule has 2 saturated carbocycles. The minimum Gasteiger partial charge on any atom is -0.497 e. The van der Waals surface area contributed by atoms with Gasteiger partial charge in [-0.15, -0.1) is 0 Å². The molecule has 208 valence electrons. The quantitative estimate of drug-likeness (QED) is 0.286. The molecule has 0 bridgehead atoms. The molecule has 7 heteroatoms. The van der Waals surface area contributed by atoms with Gasteiger partial charge in [-0.05, 0) is 92.5 Å². The highest BCUT2D eigenvalue weighted by Gasteiger charge is 2.59. The van der Waals surface area contributed by atoms with E-state index >= 15 is 0 Å². The summed E-state index contributed by atoms with van der Waals surface area (Å²) in [6.07, 6.45) is 9.42. The number of benzene rings is 2. The number of nitrogens with one attached hydrogen (secondary N) is 1. The van der Waals surface area contributed by atoms with Crippen LogP contribution in [-0.2, 0) is 19.7 Å². The molecular formula is C32H40N2O5. The largest absolute Gasteiger partial charge is 0.497 e. The van der Waals surface area contributed by atoms with Crippen molar-refractivity contribution in [2.45, 2.75) is 62.5 Å². The summed E-state index contributed by atoms with van der Waals surface area (Å²) in [5.74, 6) is 1.67. The first-order chi connectivity index (χ1) is 18.8. The summed E-state index contributed by atoms with van der Waals surface area (Å²) >= 11 is 0. The van der Waals surface area contributed by atoms with Crippen molar-refractivity contribution in [1.29, 1.82) is 0 Å². The molecule has 3 unspecified atom stereocenters. The maximum Gasteiger partial charge on any atom is 0.308 e. The predicted octanol–water partition coefficient (Wildman–Crippen LogP) is 4.74. The van der Waals surface area contributed by atoms with Crippen molar-refractivity contribution < 1.29 is 23.8 Å². The molecule has 1 amide bonds. The number of rotatable bonds is 9. The van der Waals surface area contributed by atoms with Gasteiger partial charge in [0.05, 0.1) is 12.7 Å². The average Bonchev–Trinajstić information content (AvgIpc) is 3.76. The van der Waals surface area contributed by atoms with Crippen molar-refractivity contribution in [1.82, 2.24) is 10.2 Å². The van der Waals surface area contributed by atoms with Crippen LogP contribution >= 0.6 is 0 Å². The minimum absolute atomic E-state index is 0.00287. The van der Waals surface area contributed by atoms with Gasteiger partial charge in [0.1, 0.15) is 11.5 Å². The van der Waals surface area contributed by atoms with Gasteiger partial charge in [-0.3, -0.25) is 9.59 Å². The summed E-state index contributed by atoms with van der Waals surface area (Å²) in [6, 6.07) is 15.5. The molecule has 1 saturated heterocycles. The molecule has 1 heterocycles. The number of likely N-dealkylation sites (tertiary alicyclic amines) is 1. The average molecular weight is 533 g/mol. The summed E-state index contributed by atoms with van der Waals surface area (Å²) in [5.41, 5.74) is 1.32. The normalized spacial score (nSPS) is 27.1. The minimum atomic E-state index is -0.382. The van der Waals surface area contributed by atoms with E-state index in [-0.39, 0.29) is 28.9 Å². The van der Waals surface area contributed by atoms with Gasteiger partial charge < -0.3 is 24.4 Å². The van der Waals surface area contributed by atoms with Gasteiger partial charge in [-0.2, -0.15) is 0 Å². The van der Waals surface area contributed by atoms with Crippen molar-refractivity contribution in [2.75, 3.05) is 33.9 Å². The second kappa shape index (κ2) is 11.5. The highest BCUT2D eigenvalue weighted by molar-refractivity contribution is 5.92. The number of methoxy groups -OCH3 is 2. The fourth-order valence-electron chi connectivity index (χ4n) is 6.73. The molecule has 2 aromatic carbocycles. The molecule has 7 nitrogen and oxygen atoms in total. The van der Waals surface area contributed by atoms with Crippen molar-refractivity contribution in [3.05, 3.63) is 65.7 Å². The van der Waals surface area contributed by atoms with E-state index in [1.165, 1.54) is 19.8 Å². The van der Waals surface area contributed by atoms with Gasteiger partial charge >= 0.3 is 5.97 Å². The summed E-state index contributed by atoms with van der Waals surface area (Å²) in [7, 11) is 3.47. The van der Waals surface area contributed by atoms with E-state index in [4.69, 9.17) is 14.2 Å². The summed E-state index contributed by atoms with van der Waals surface area (Å²) in [5, 5.41) is 3.28. The molecule has 0 radical (unpaired) electrons. The summed E-state index contributed by atoms with van der Waals surface area (Å²) in [6.45, 7) is 4.40. The fraction of sp³-hybridized carbons (Fsp3) is 0.500. The Morgan fingerprint density at radius 3 is 2.59 bits per heavy atom. The number of hydrogen-bond donors (Lipinski definition) is 1. The van der Waals surface area contributed by atoms with E-state index in [1.54, 1.807) is 13.2 Å². The first-order valence-electron chi connectivity index (χ1n) is 14.0. The van der Waals surface area contributed by atoms with E-state index < -0.39 is 0 Å². The third-order valence-corrected chi connectivity index (χ3v) is 8.82. The number of piperidine rings is 1. The monoisotopic (exact) mass is 532 g/mol. The Kier molecular flexibility index (Phi) is 8.10. The van der Waals surface area contributed by atoms with Gasteiger partial charge in [0, 0.05) is 44.7 Å². The van der Waals surface area contributed by atoms with Crippen LogP contribution in [0, 0.1) is 5.92 Å². The Morgan fingerprint density at radius 2 is 1.85 bits per heavy atom. The number of carbonyl (C=O) groups is 2. The van der Waals surface area contributed by atoms with Crippen LogP contribution in [0.15, 0.2) is 54.6 Å². The number of fused-ring (bicyclic) bond motifs is 1. The van der Waals surface area contributed by atoms with Crippen LogP contribution in [0.2, 0.25) is 0 Å². The first kappa shape index (κ1) is 27.4. The molecule has 2 aromatic rings. The van der Waals surface area contributed by atoms with Gasteiger partial charge in [-0.25, -0.2) is 0 Å². The molecular weight excluding hydrogens is 492 g/mol. The topological polar surface area (TPSA) is 77.1 Å². The van der Waals surface area contributed by atoms with Crippen LogP contribution in [0.5, 0.6) is 11.5 Å². The van der Waals surface area contributed by atoms with Crippen LogP contribution < -0.4 is 14.8 Å². The maximum atomic E-state index is 13.0. The van der Waals surface area contributed by atoms with E-state index in [0.29, 0.717) is 5.75 Å². The Labute approximate surface area is 231 Å². The third-order valence-electron chi connectivity index (χ3n) is 8.82. The molecule has 3 atom stereocenters.